The Morgan fingerprint density at radius 2 is 2.27 bits per heavy atom. The highest BCUT2D eigenvalue weighted by molar-refractivity contribution is 5.78. The van der Waals surface area contributed by atoms with Crippen LogP contribution in [0.15, 0.2) is 23.0 Å². The summed E-state index contributed by atoms with van der Waals surface area (Å²) in [5.41, 5.74) is 0.430. The fourth-order valence-electron chi connectivity index (χ4n) is 1.53. The van der Waals surface area contributed by atoms with Gasteiger partial charge in [-0.05, 0) is 24.6 Å². The zero-order chi connectivity index (χ0) is 10.8. The minimum Gasteiger partial charge on any atom is -0.508 e. The van der Waals surface area contributed by atoms with Gasteiger partial charge < -0.3 is 10.1 Å². The van der Waals surface area contributed by atoms with Crippen LogP contribution >= 0.6 is 0 Å². The van der Waals surface area contributed by atoms with Crippen molar-refractivity contribution in [3.05, 3.63) is 34.4 Å². The third-order valence-electron chi connectivity index (χ3n) is 2.22. The summed E-state index contributed by atoms with van der Waals surface area (Å²) in [6, 6.07) is 4.61. The lowest BCUT2D eigenvalue weighted by Gasteiger charge is -2.01. The smallest absolute Gasteiger partial charge is 0.258 e. The van der Waals surface area contributed by atoms with Crippen molar-refractivity contribution >= 4 is 10.9 Å². The number of rotatable bonds is 2. The molecule has 0 atom stereocenters. The van der Waals surface area contributed by atoms with Crippen molar-refractivity contribution in [3.8, 4) is 5.75 Å². The molecule has 0 saturated heterocycles. The number of H-pyrrole nitrogens is 1. The van der Waals surface area contributed by atoms with Gasteiger partial charge in [-0.25, -0.2) is 4.98 Å². The second kappa shape index (κ2) is 3.73. The van der Waals surface area contributed by atoms with E-state index in [2.05, 4.69) is 9.97 Å². The third kappa shape index (κ3) is 1.83. The standard InChI is InChI=1S/C11H12N2O2/c1-2-3-10-12-9-5-4-7(14)6-8(9)11(15)13-10/h4-6,14H,2-3H2,1H3,(H,12,13,15). The third-order valence-corrected chi connectivity index (χ3v) is 2.22. The van der Waals surface area contributed by atoms with Crippen molar-refractivity contribution in [3.63, 3.8) is 0 Å². The van der Waals surface area contributed by atoms with Gasteiger partial charge in [0.05, 0.1) is 10.9 Å². The molecule has 0 aliphatic carbocycles. The van der Waals surface area contributed by atoms with Crippen LogP contribution in [0.25, 0.3) is 10.9 Å². The predicted octanol–water partition coefficient (Wildman–Crippen LogP) is 1.58. The van der Waals surface area contributed by atoms with Crippen molar-refractivity contribution in [2.24, 2.45) is 0 Å². The summed E-state index contributed by atoms with van der Waals surface area (Å²) in [6.07, 6.45) is 1.69. The fourth-order valence-corrected chi connectivity index (χ4v) is 1.53. The molecule has 78 valence electrons. The molecule has 0 saturated carbocycles. The highest BCUT2D eigenvalue weighted by Gasteiger charge is 2.03. The van der Waals surface area contributed by atoms with Gasteiger partial charge in [0.1, 0.15) is 11.6 Å². The van der Waals surface area contributed by atoms with Gasteiger partial charge in [-0.3, -0.25) is 4.79 Å². The minimum absolute atomic E-state index is 0.0815. The number of nitrogens with zero attached hydrogens (tertiary/aromatic N) is 1. The molecule has 0 aliphatic rings. The molecule has 0 spiro atoms. The number of benzene rings is 1. The van der Waals surface area contributed by atoms with E-state index >= 15 is 0 Å². The molecule has 2 rings (SSSR count). The topological polar surface area (TPSA) is 66.0 Å². The maximum Gasteiger partial charge on any atom is 0.258 e. The lowest BCUT2D eigenvalue weighted by Crippen LogP contribution is -2.11. The van der Waals surface area contributed by atoms with Gasteiger partial charge in [0, 0.05) is 6.42 Å². The highest BCUT2D eigenvalue weighted by Crippen LogP contribution is 2.14. The Bertz CT molecular complexity index is 546. The summed E-state index contributed by atoms with van der Waals surface area (Å²) in [5, 5.41) is 9.67. The maximum atomic E-state index is 11.6. The number of fused-ring (bicyclic) bond motifs is 1. The summed E-state index contributed by atoms with van der Waals surface area (Å²) in [5.74, 6) is 0.777. The van der Waals surface area contributed by atoms with Crippen molar-refractivity contribution in [2.75, 3.05) is 0 Å². The van der Waals surface area contributed by atoms with Crippen molar-refractivity contribution in [2.45, 2.75) is 19.8 Å². The van der Waals surface area contributed by atoms with E-state index in [-0.39, 0.29) is 11.3 Å². The molecule has 1 aromatic heterocycles. The normalized spacial score (nSPS) is 10.7. The number of hydrogen-bond acceptors (Lipinski definition) is 3. The van der Waals surface area contributed by atoms with Gasteiger partial charge in [0.15, 0.2) is 0 Å². The minimum atomic E-state index is -0.195. The predicted molar refractivity (Wildman–Crippen MR) is 58.0 cm³/mol. The average Bonchev–Trinajstić information content (AvgIpc) is 2.20. The first-order valence-corrected chi connectivity index (χ1v) is 4.92. The molecule has 2 aromatic rings. The van der Waals surface area contributed by atoms with Crippen molar-refractivity contribution < 1.29 is 5.11 Å². The monoisotopic (exact) mass is 204 g/mol. The fraction of sp³-hybridized carbons (Fsp3) is 0.273. The largest absolute Gasteiger partial charge is 0.508 e. The average molecular weight is 204 g/mol. The second-order valence-electron chi connectivity index (χ2n) is 3.46. The zero-order valence-corrected chi connectivity index (χ0v) is 8.45. The lowest BCUT2D eigenvalue weighted by atomic mass is 10.2. The molecule has 15 heavy (non-hydrogen) atoms. The summed E-state index contributed by atoms with van der Waals surface area (Å²) in [6.45, 7) is 2.03. The Morgan fingerprint density at radius 3 is 3.00 bits per heavy atom. The molecular weight excluding hydrogens is 192 g/mol. The molecule has 4 heteroatoms. The van der Waals surface area contributed by atoms with Gasteiger partial charge in [-0.15, -0.1) is 0 Å². The van der Waals surface area contributed by atoms with E-state index in [1.54, 1.807) is 6.07 Å². The molecule has 0 amide bonds. The van der Waals surface area contributed by atoms with Gasteiger partial charge in [0.25, 0.3) is 5.56 Å². The SMILES string of the molecule is CCCc1nc2ccc(O)cc2c(=O)[nH]1. The number of phenolic OH excluding ortho intramolecular Hbond substituents is 1. The van der Waals surface area contributed by atoms with E-state index in [0.717, 1.165) is 12.8 Å². The van der Waals surface area contributed by atoms with Crippen LogP contribution in [0, 0.1) is 0 Å². The number of hydrogen-bond donors (Lipinski definition) is 2. The van der Waals surface area contributed by atoms with Crippen LogP contribution in [-0.2, 0) is 6.42 Å². The molecule has 4 nitrogen and oxygen atoms in total. The molecule has 0 radical (unpaired) electrons. The molecule has 1 aromatic carbocycles. The lowest BCUT2D eigenvalue weighted by molar-refractivity contribution is 0.476. The number of phenols is 1. The summed E-state index contributed by atoms with van der Waals surface area (Å²) in [4.78, 5) is 18.6. The molecule has 0 fully saturated rings. The number of aromatic amines is 1. The van der Waals surface area contributed by atoms with Gasteiger partial charge in [0.2, 0.25) is 0 Å². The summed E-state index contributed by atoms with van der Waals surface area (Å²) in [7, 11) is 0. The van der Waals surface area contributed by atoms with Crippen molar-refractivity contribution in [1.82, 2.24) is 9.97 Å². The molecule has 0 unspecified atom stereocenters. The van der Waals surface area contributed by atoms with Crippen molar-refractivity contribution in [1.29, 1.82) is 0 Å². The van der Waals surface area contributed by atoms with E-state index in [1.807, 2.05) is 6.92 Å². The first-order chi connectivity index (χ1) is 7.20. The van der Waals surface area contributed by atoms with Gasteiger partial charge in [-0.1, -0.05) is 6.92 Å². The van der Waals surface area contributed by atoms with E-state index in [9.17, 15) is 9.90 Å². The van der Waals surface area contributed by atoms with Crippen LogP contribution in [0.5, 0.6) is 5.75 Å². The van der Waals surface area contributed by atoms with E-state index in [0.29, 0.717) is 16.7 Å². The van der Waals surface area contributed by atoms with E-state index in [1.165, 1.54) is 12.1 Å². The Kier molecular flexibility index (Phi) is 2.41. The summed E-state index contributed by atoms with van der Waals surface area (Å²) < 4.78 is 0. The zero-order valence-electron chi connectivity index (χ0n) is 8.45. The molecule has 1 heterocycles. The Labute approximate surface area is 86.6 Å². The number of aryl methyl sites for hydroxylation is 1. The van der Waals surface area contributed by atoms with Crippen LogP contribution < -0.4 is 5.56 Å². The van der Waals surface area contributed by atoms with Crippen LogP contribution in [-0.4, -0.2) is 15.1 Å². The highest BCUT2D eigenvalue weighted by atomic mass is 16.3. The molecule has 0 aliphatic heterocycles. The first-order valence-electron chi connectivity index (χ1n) is 4.92. The number of aromatic nitrogens is 2. The van der Waals surface area contributed by atoms with Crippen LogP contribution in [0.2, 0.25) is 0 Å². The summed E-state index contributed by atoms with van der Waals surface area (Å²) >= 11 is 0. The van der Waals surface area contributed by atoms with Crippen LogP contribution in [0.3, 0.4) is 0 Å². The molecule has 2 N–H and O–H groups in total. The van der Waals surface area contributed by atoms with Crippen LogP contribution in [0.1, 0.15) is 19.2 Å². The quantitative estimate of drug-likeness (QED) is 0.780. The number of aromatic hydroxyl groups is 1. The van der Waals surface area contributed by atoms with E-state index in [4.69, 9.17) is 0 Å². The molecule has 0 bridgehead atoms. The number of nitrogens with one attached hydrogen (secondary N) is 1. The van der Waals surface area contributed by atoms with E-state index < -0.39 is 0 Å². The Balaban J connectivity index is 2.67. The van der Waals surface area contributed by atoms with Gasteiger partial charge >= 0.3 is 0 Å². The Morgan fingerprint density at radius 1 is 1.47 bits per heavy atom. The second-order valence-corrected chi connectivity index (χ2v) is 3.46. The maximum absolute atomic E-state index is 11.6. The Hall–Kier alpha value is -1.84. The van der Waals surface area contributed by atoms with Crippen LogP contribution in [0.4, 0.5) is 0 Å². The first kappa shape index (κ1) is 9.71. The molecular formula is C11H12N2O2. The van der Waals surface area contributed by atoms with Gasteiger partial charge in [-0.2, -0.15) is 0 Å².